The van der Waals surface area contributed by atoms with Crippen molar-refractivity contribution in [2.24, 2.45) is 11.7 Å². The second kappa shape index (κ2) is 10.5. The number of aromatic amines is 1. The molecule has 0 radical (unpaired) electrons. The van der Waals surface area contributed by atoms with E-state index in [0.717, 1.165) is 5.56 Å². The Bertz CT molecular complexity index is 834. The van der Waals surface area contributed by atoms with Crippen molar-refractivity contribution in [2.75, 3.05) is 26.3 Å². The molecule has 1 saturated heterocycles. The van der Waals surface area contributed by atoms with E-state index in [9.17, 15) is 14.4 Å². The summed E-state index contributed by atoms with van der Waals surface area (Å²) in [5.74, 6) is -1.73. The number of nitrogens with zero attached hydrogens (tertiary/aromatic N) is 2. The number of nitrogens with one attached hydrogen (secondary N) is 2. The van der Waals surface area contributed by atoms with E-state index in [2.05, 4.69) is 15.3 Å². The van der Waals surface area contributed by atoms with Gasteiger partial charge in [-0.25, -0.2) is 4.98 Å². The number of carbonyl (C=O) groups is 3. The minimum Gasteiger partial charge on any atom is -0.378 e. The number of rotatable bonds is 9. The van der Waals surface area contributed by atoms with Gasteiger partial charge in [0.1, 0.15) is 6.04 Å². The van der Waals surface area contributed by atoms with Gasteiger partial charge in [-0.2, -0.15) is 0 Å². The fraction of sp³-hybridized carbons (Fsp3) is 0.429. The Morgan fingerprint density at radius 1 is 1.17 bits per heavy atom. The van der Waals surface area contributed by atoms with Crippen LogP contribution in [0, 0.1) is 5.92 Å². The Morgan fingerprint density at radius 2 is 1.90 bits per heavy atom. The quantitative estimate of drug-likeness (QED) is 0.534. The van der Waals surface area contributed by atoms with Crippen LogP contribution < -0.4 is 11.1 Å². The van der Waals surface area contributed by atoms with Gasteiger partial charge in [-0.05, 0) is 12.0 Å². The van der Waals surface area contributed by atoms with Crippen molar-refractivity contribution in [3.05, 3.63) is 54.1 Å². The first kappa shape index (κ1) is 21.5. The second-order valence-electron chi connectivity index (χ2n) is 7.33. The lowest BCUT2D eigenvalue weighted by Gasteiger charge is -2.28. The number of morpholine rings is 1. The van der Waals surface area contributed by atoms with Crippen LogP contribution in [0.1, 0.15) is 17.7 Å². The normalized spacial score (nSPS) is 15.9. The zero-order valence-electron chi connectivity index (χ0n) is 16.8. The van der Waals surface area contributed by atoms with Crippen molar-refractivity contribution in [3.8, 4) is 0 Å². The number of primary amides is 1. The Labute approximate surface area is 175 Å². The highest BCUT2D eigenvalue weighted by Gasteiger charge is 2.29. The molecule has 0 spiro atoms. The molecule has 0 bridgehead atoms. The summed E-state index contributed by atoms with van der Waals surface area (Å²) in [7, 11) is 0. The van der Waals surface area contributed by atoms with Crippen LogP contribution in [0.4, 0.5) is 0 Å². The van der Waals surface area contributed by atoms with Gasteiger partial charge < -0.3 is 25.7 Å². The minimum atomic E-state index is -0.894. The monoisotopic (exact) mass is 413 g/mol. The van der Waals surface area contributed by atoms with Gasteiger partial charge in [-0.1, -0.05) is 30.3 Å². The van der Waals surface area contributed by atoms with Gasteiger partial charge in [0.2, 0.25) is 17.7 Å². The first-order valence-electron chi connectivity index (χ1n) is 9.99. The fourth-order valence-corrected chi connectivity index (χ4v) is 3.44. The van der Waals surface area contributed by atoms with Crippen LogP contribution in [0.3, 0.4) is 0 Å². The third kappa shape index (κ3) is 6.15. The molecular weight excluding hydrogens is 386 g/mol. The van der Waals surface area contributed by atoms with Crippen LogP contribution in [-0.2, 0) is 32.0 Å². The molecule has 0 saturated carbocycles. The summed E-state index contributed by atoms with van der Waals surface area (Å²) in [6, 6.07) is 8.60. The van der Waals surface area contributed by atoms with E-state index < -0.39 is 17.9 Å². The second-order valence-corrected chi connectivity index (χ2v) is 7.33. The van der Waals surface area contributed by atoms with Crippen molar-refractivity contribution in [3.63, 3.8) is 0 Å². The molecule has 1 aromatic heterocycles. The average molecular weight is 413 g/mol. The van der Waals surface area contributed by atoms with Gasteiger partial charge in [0.25, 0.3) is 0 Å². The Morgan fingerprint density at radius 3 is 2.53 bits per heavy atom. The van der Waals surface area contributed by atoms with Gasteiger partial charge in [-0.15, -0.1) is 0 Å². The first-order valence-corrected chi connectivity index (χ1v) is 9.99. The summed E-state index contributed by atoms with van der Waals surface area (Å²) in [4.78, 5) is 46.3. The number of ether oxygens (including phenoxy) is 1. The van der Waals surface area contributed by atoms with E-state index in [-0.39, 0.29) is 24.7 Å². The summed E-state index contributed by atoms with van der Waals surface area (Å²) in [6.07, 6.45) is 3.71. The van der Waals surface area contributed by atoms with E-state index in [1.165, 1.54) is 6.33 Å². The Kier molecular flexibility index (Phi) is 7.56. The molecule has 3 rings (SSSR count). The topological polar surface area (TPSA) is 130 Å². The molecule has 3 amide bonds. The highest BCUT2D eigenvalue weighted by Crippen LogP contribution is 2.16. The predicted octanol–water partition coefficient (Wildman–Crippen LogP) is 0.0301. The standard InChI is InChI=1S/C21H27N5O4/c22-20(28)18(12-17-13-23-14-24-17)25-21(29)16(10-15-4-2-1-3-5-15)11-19(27)26-6-8-30-9-7-26/h1-5,13-14,16,18H,6-12H2,(H2,22,28)(H,23,24)(H,25,29). The number of benzene rings is 1. The zero-order valence-corrected chi connectivity index (χ0v) is 16.8. The Balaban J connectivity index is 1.70. The molecule has 160 valence electrons. The van der Waals surface area contributed by atoms with Gasteiger partial charge in [0, 0.05) is 37.8 Å². The first-order chi connectivity index (χ1) is 14.5. The zero-order chi connectivity index (χ0) is 21.3. The molecule has 1 fully saturated rings. The SMILES string of the molecule is NC(=O)C(Cc1cnc[nH]1)NC(=O)C(CC(=O)N1CCOCC1)Cc1ccccc1. The molecule has 2 atom stereocenters. The van der Waals surface area contributed by atoms with Crippen molar-refractivity contribution in [1.82, 2.24) is 20.2 Å². The third-order valence-corrected chi connectivity index (χ3v) is 5.12. The number of aromatic nitrogens is 2. The molecule has 1 aliphatic rings. The molecule has 2 heterocycles. The number of nitrogens with two attached hydrogens (primary N) is 1. The van der Waals surface area contributed by atoms with E-state index in [1.807, 2.05) is 30.3 Å². The summed E-state index contributed by atoms with van der Waals surface area (Å²) >= 11 is 0. The van der Waals surface area contributed by atoms with Crippen molar-refractivity contribution in [2.45, 2.75) is 25.3 Å². The van der Waals surface area contributed by atoms with Crippen LogP contribution in [0.25, 0.3) is 0 Å². The number of hydrogen-bond acceptors (Lipinski definition) is 5. The predicted molar refractivity (Wildman–Crippen MR) is 109 cm³/mol. The number of H-pyrrole nitrogens is 1. The number of carbonyl (C=O) groups excluding carboxylic acids is 3. The van der Waals surface area contributed by atoms with E-state index in [4.69, 9.17) is 10.5 Å². The molecule has 4 N–H and O–H groups in total. The Hall–Kier alpha value is -3.20. The molecule has 1 aliphatic heterocycles. The van der Waals surface area contributed by atoms with Gasteiger partial charge in [0.15, 0.2) is 0 Å². The van der Waals surface area contributed by atoms with Crippen molar-refractivity contribution < 1.29 is 19.1 Å². The molecule has 2 unspecified atom stereocenters. The number of hydrogen-bond donors (Lipinski definition) is 3. The highest BCUT2D eigenvalue weighted by atomic mass is 16.5. The molecule has 2 aromatic rings. The average Bonchev–Trinajstić information content (AvgIpc) is 3.27. The molecule has 30 heavy (non-hydrogen) atoms. The number of amides is 3. The lowest BCUT2D eigenvalue weighted by Crippen LogP contribution is -2.49. The molecular formula is C21H27N5O4. The maximum absolute atomic E-state index is 13.1. The lowest BCUT2D eigenvalue weighted by atomic mass is 9.94. The third-order valence-electron chi connectivity index (χ3n) is 5.12. The van der Waals surface area contributed by atoms with E-state index in [0.29, 0.717) is 38.4 Å². The molecule has 9 nitrogen and oxygen atoms in total. The van der Waals surface area contributed by atoms with Crippen LogP contribution in [0.5, 0.6) is 0 Å². The summed E-state index contributed by atoms with van der Waals surface area (Å²) in [5, 5.41) is 2.73. The summed E-state index contributed by atoms with van der Waals surface area (Å²) < 4.78 is 5.29. The largest absolute Gasteiger partial charge is 0.378 e. The van der Waals surface area contributed by atoms with Crippen LogP contribution in [0.15, 0.2) is 42.9 Å². The highest BCUT2D eigenvalue weighted by molar-refractivity contribution is 5.90. The summed E-state index contributed by atoms with van der Waals surface area (Å²) in [6.45, 7) is 2.02. The van der Waals surface area contributed by atoms with Gasteiger partial charge in [0.05, 0.1) is 25.5 Å². The van der Waals surface area contributed by atoms with Crippen molar-refractivity contribution >= 4 is 17.7 Å². The van der Waals surface area contributed by atoms with E-state index in [1.54, 1.807) is 11.1 Å². The van der Waals surface area contributed by atoms with Gasteiger partial charge in [-0.3, -0.25) is 14.4 Å². The summed E-state index contributed by atoms with van der Waals surface area (Å²) in [5.41, 5.74) is 7.12. The van der Waals surface area contributed by atoms with Crippen molar-refractivity contribution in [1.29, 1.82) is 0 Å². The molecule has 9 heteroatoms. The van der Waals surface area contributed by atoms with E-state index >= 15 is 0 Å². The number of imidazole rings is 1. The van der Waals surface area contributed by atoms with Crippen LogP contribution >= 0.6 is 0 Å². The maximum Gasteiger partial charge on any atom is 0.240 e. The van der Waals surface area contributed by atoms with Crippen LogP contribution in [0.2, 0.25) is 0 Å². The molecule has 0 aliphatic carbocycles. The lowest BCUT2D eigenvalue weighted by molar-refractivity contribution is -0.139. The maximum atomic E-state index is 13.1. The van der Waals surface area contributed by atoms with Crippen LogP contribution in [-0.4, -0.2) is 64.9 Å². The minimum absolute atomic E-state index is 0.0519. The molecule has 1 aromatic carbocycles. The fourth-order valence-electron chi connectivity index (χ4n) is 3.44. The van der Waals surface area contributed by atoms with Gasteiger partial charge >= 0.3 is 0 Å². The smallest absolute Gasteiger partial charge is 0.240 e.